The van der Waals surface area contributed by atoms with Gasteiger partial charge in [0.15, 0.2) is 5.79 Å². The molecule has 5 atom stereocenters. The average molecular weight is 361 g/mol. The molecule has 2 fully saturated rings. The summed E-state index contributed by atoms with van der Waals surface area (Å²) in [5, 5.41) is 3.35. The molecule has 2 saturated heterocycles. The van der Waals surface area contributed by atoms with Crippen molar-refractivity contribution < 1.29 is 23.8 Å². The maximum Gasteiger partial charge on any atom is 0.323 e. The third-order valence-corrected chi connectivity index (χ3v) is 5.15. The zero-order chi connectivity index (χ0) is 18.9. The molecule has 1 aromatic rings. The number of ketones is 1. The van der Waals surface area contributed by atoms with Gasteiger partial charge in [0.05, 0.1) is 19.3 Å². The standard InChI is InChI=1S/C20H27NO5/c1-5-24-19(23)18-16(14-11-25-20(3,4)26-14)15(12(2)22)17(21-18)13-9-7-6-8-10-13/h6-10,14-18,21H,5,11H2,1-4H3/t14-,15-,16-,17-,18-/m1/s1. The fraction of sp³-hybridized carbons (Fsp3) is 0.600. The predicted molar refractivity (Wildman–Crippen MR) is 95.3 cm³/mol. The first-order valence-electron chi connectivity index (χ1n) is 9.14. The van der Waals surface area contributed by atoms with E-state index in [-0.39, 0.29) is 36.4 Å². The highest BCUT2D eigenvalue weighted by molar-refractivity contribution is 5.84. The van der Waals surface area contributed by atoms with Crippen LogP contribution in [0.2, 0.25) is 0 Å². The van der Waals surface area contributed by atoms with Crippen LogP contribution in [-0.2, 0) is 23.8 Å². The van der Waals surface area contributed by atoms with Gasteiger partial charge in [0.1, 0.15) is 11.8 Å². The lowest BCUT2D eigenvalue weighted by Gasteiger charge is -2.28. The summed E-state index contributed by atoms with van der Waals surface area (Å²) in [6, 6.07) is 8.84. The van der Waals surface area contributed by atoms with Crippen LogP contribution in [0.3, 0.4) is 0 Å². The van der Waals surface area contributed by atoms with Crippen molar-refractivity contribution >= 4 is 11.8 Å². The number of rotatable bonds is 5. The van der Waals surface area contributed by atoms with Gasteiger partial charge in [-0.3, -0.25) is 14.9 Å². The first kappa shape index (κ1) is 19.0. The highest BCUT2D eigenvalue weighted by atomic mass is 16.7. The van der Waals surface area contributed by atoms with E-state index < -0.39 is 17.7 Å². The predicted octanol–water partition coefficient (Wildman–Crippen LogP) is 2.24. The summed E-state index contributed by atoms with van der Waals surface area (Å²) in [4.78, 5) is 25.2. The number of esters is 1. The fourth-order valence-electron chi connectivity index (χ4n) is 4.12. The first-order chi connectivity index (χ1) is 12.3. The molecule has 6 nitrogen and oxygen atoms in total. The van der Waals surface area contributed by atoms with Crippen LogP contribution >= 0.6 is 0 Å². The first-order valence-corrected chi connectivity index (χ1v) is 9.14. The molecular formula is C20H27NO5. The van der Waals surface area contributed by atoms with Crippen LogP contribution in [-0.4, -0.2) is 42.9 Å². The van der Waals surface area contributed by atoms with E-state index in [1.54, 1.807) is 13.8 Å². The number of hydrogen-bond acceptors (Lipinski definition) is 6. The van der Waals surface area contributed by atoms with Crippen LogP contribution in [0.4, 0.5) is 0 Å². The number of ether oxygens (including phenoxy) is 3. The summed E-state index contributed by atoms with van der Waals surface area (Å²) in [6.45, 7) is 7.66. The van der Waals surface area contributed by atoms with Gasteiger partial charge in [0.2, 0.25) is 0 Å². The van der Waals surface area contributed by atoms with Crippen molar-refractivity contribution in [3.05, 3.63) is 35.9 Å². The van der Waals surface area contributed by atoms with Gasteiger partial charge in [-0.05, 0) is 33.3 Å². The Morgan fingerprint density at radius 2 is 1.96 bits per heavy atom. The van der Waals surface area contributed by atoms with Gasteiger partial charge < -0.3 is 14.2 Å². The van der Waals surface area contributed by atoms with E-state index in [9.17, 15) is 9.59 Å². The van der Waals surface area contributed by atoms with E-state index in [1.807, 2.05) is 44.2 Å². The molecular weight excluding hydrogens is 334 g/mol. The maximum atomic E-state index is 12.6. The molecule has 1 aromatic carbocycles. The van der Waals surface area contributed by atoms with Crippen molar-refractivity contribution in [3.63, 3.8) is 0 Å². The highest BCUT2D eigenvalue weighted by Gasteiger charge is 2.55. The monoisotopic (exact) mass is 361 g/mol. The van der Waals surface area contributed by atoms with Gasteiger partial charge in [-0.15, -0.1) is 0 Å². The molecule has 3 rings (SSSR count). The molecule has 0 unspecified atom stereocenters. The van der Waals surface area contributed by atoms with E-state index in [2.05, 4.69) is 5.32 Å². The summed E-state index contributed by atoms with van der Waals surface area (Å²) < 4.78 is 17.0. The molecule has 26 heavy (non-hydrogen) atoms. The molecule has 0 aliphatic carbocycles. The SMILES string of the molecule is CCOC(=O)[C@@H]1N[C@H](c2ccccc2)[C@H](C(C)=O)[C@H]1[C@H]1COC(C)(C)O1. The number of carbonyl (C=O) groups is 2. The lowest BCUT2D eigenvalue weighted by molar-refractivity contribution is -0.157. The molecule has 6 heteroatoms. The Morgan fingerprint density at radius 3 is 2.50 bits per heavy atom. The summed E-state index contributed by atoms with van der Waals surface area (Å²) in [5.41, 5.74) is 0.975. The van der Waals surface area contributed by atoms with Gasteiger partial charge in [0, 0.05) is 17.9 Å². The maximum absolute atomic E-state index is 12.6. The van der Waals surface area contributed by atoms with Crippen LogP contribution in [0.25, 0.3) is 0 Å². The normalized spacial score (nSPS) is 33.2. The molecule has 2 aliphatic heterocycles. The van der Waals surface area contributed by atoms with Crippen LogP contribution in [0, 0.1) is 11.8 Å². The zero-order valence-electron chi connectivity index (χ0n) is 15.7. The van der Waals surface area contributed by atoms with Gasteiger partial charge in [-0.1, -0.05) is 30.3 Å². The van der Waals surface area contributed by atoms with Crippen molar-refractivity contribution in [2.75, 3.05) is 13.2 Å². The Morgan fingerprint density at radius 1 is 1.27 bits per heavy atom. The number of hydrogen-bond donors (Lipinski definition) is 1. The topological polar surface area (TPSA) is 73.9 Å². The van der Waals surface area contributed by atoms with Crippen molar-refractivity contribution in [1.29, 1.82) is 0 Å². The third kappa shape index (κ3) is 3.68. The van der Waals surface area contributed by atoms with E-state index in [0.29, 0.717) is 6.61 Å². The molecule has 0 saturated carbocycles. The second-order valence-corrected chi connectivity index (χ2v) is 7.37. The Kier molecular flexibility index (Phi) is 5.46. The number of carbonyl (C=O) groups excluding carboxylic acids is 2. The van der Waals surface area contributed by atoms with E-state index in [0.717, 1.165) is 5.56 Å². The van der Waals surface area contributed by atoms with Crippen LogP contribution in [0.1, 0.15) is 39.3 Å². The largest absolute Gasteiger partial charge is 0.465 e. The van der Waals surface area contributed by atoms with Crippen molar-refractivity contribution in [2.24, 2.45) is 11.8 Å². The lowest BCUT2D eigenvalue weighted by Crippen LogP contribution is -2.44. The zero-order valence-corrected chi connectivity index (χ0v) is 15.7. The third-order valence-electron chi connectivity index (χ3n) is 5.15. The summed E-state index contributed by atoms with van der Waals surface area (Å²) in [5.74, 6) is -1.80. The summed E-state index contributed by atoms with van der Waals surface area (Å²) >= 11 is 0. The van der Waals surface area contributed by atoms with Crippen LogP contribution < -0.4 is 5.32 Å². The Balaban J connectivity index is 1.97. The summed E-state index contributed by atoms with van der Waals surface area (Å²) in [7, 11) is 0. The minimum Gasteiger partial charge on any atom is -0.465 e. The van der Waals surface area contributed by atoms with Crippen molar-refractivity contribution in [3.8, 4) is 0 Å². The minimum atomic E-state index is -0.726. The van der Waals surface area contributed by atoms with Crippen LogP contribution in [0.5, 0.6) is 0 Å². The smallest absolute Gasteiger partial charge is 0.323 e. The van der Waals surface area contributed by atoms with Gasteiger partial charge >= 0.3 is 5.97 Å². The molecule has 1 N–H and O–H groups in total. The molecule has 2 aliphatic rings. The average Bonchev–Trinajstić information content (AvgIpc) is 3.16. The molecule has 0 amide bonds. The molecule has 0 radical (unpaired) electrons. The fourth-order valence-corrected chi connectivity index (χ4v) is 4.12. The quantitative estimate of drug-likeness (QED) is 0.811. The van der Waals surface area contributed by atoms with E-state index in [4.69, 9.17) is 14.2 Å². The molecule has 0 bridgehead atoms. The molecule has 2 heterocycles. The Labute approximate surface area is 154 Å². The highest BCUT2D eigenvalue weighted by Crippen LogP contribution is 2.43. The summed E-state index contributed by atoms with van der Waals surface area (Å²) in [6.07, 6.45) is -0.352. The number of benzene rings is 1. The minimum absolute atomic E-state index is 0.0245. The second-order valence-electron chi connectivity index (χ2n) is 7.37. The lowest BCUT2D eigenvalue weighted by atomic mass is 9.79. The van der Waals surface area contributed by atoms with Crippen molar-refractivity contribution in [2.45, 2.75) is 51.7 Å². The van der Waals surface area contributed by atoms with E-state index in [1.165, 1.54) is 0 Å². The molecule has 0 aromatic heterocycles. The van der Waals surface area contributed by atoms with Gasteiger partial charge in [0.25, 0.3) is 0 Å². The Hall–Kier alpha value is -1.76. The number of nitrogens with one attached hydrogen (secondary N) is 1. The molecule has 142 valence electrons. The van der Waals surface area contributed by atoms with Gasteiger partial charge in [-0.2, -0.15) is 0 Å². The van der Waals surface area contributed by atoms with Crippen molar-refractivity contribution in [1.82, 2.24) is 5.32 Å². The Bertz CT molecular complexity index is 659. The molecule has 0 spiro atoms. The van der Waals surface area contributed by atoms with Crippen LogP contribution in [0.15, 0.2) is 30.3 Å². The second kappa shape index (κ2) is 7.47. The number of Topliss-reactive ketones (excluding diaryl/α,β-unsaturated/α-hetero) is 1. The van der Waals surface area contributed by atoms with E-state index >= 15 is 0 Å². The van der Waals surface area contributed by atoms with Gasteiger partial charge in [-0.25, -0.2) is 0 Å².